The van der Waals surface area contributed by atoms with Crippen molar-refractivity contribution in [3.8, 4) is 5.75 Å². The van der Waals surface area contributed by atoms with Crippen molar-refractivity contribution < 1.29 is 14.3 Å². The van der Waals surface area contributed by atoms with E-state index in [1.165, 1.54) is 18.7 Å². The monoisotopic (exact) mass is 396 g/mol. The van der Waals surface area contributed by atoms with Crippen LogP contribution in [-0.4, -0.2) is 32.9 Å². The molecule has 144 valence electrons. The molecule has 0 aliphatic carbocycles. The van der Waals surface area contributed by atoms with Crippen LogP contribution in [0, 0.1) is 0 Å². The van der Waals surface area contributed by atoms with Crippen LogP contribution < -0.4 is 10.2 Å². The Balaban J connectivity index is 1.56. The molecule has 0 spiro atoms. The summed E-state index contributed by atoms with van der Waals surface area (Å²) < 4.78 is 6.96. The molecule has 0 atom stereocenters. The number of hydrazone groups is 1. The predicted octanol–water partition coefficient (Wildman–Crippen LogP) is 3.13. The summed E-state index contributed by atoms with van der Waals surface area (Å²) in [6.45, 7) is 3.14. The van der Waals surface area contributed by atoms with E-state index in [0.717, 1.165) is 21.8 Å². The van der Waals surface area contributed by atoms with Crippen molar-refractivity contribution in [2.24, 2.45) is 12.1 Å². The molecule has 0 saturated carbocycles. The van der Waals surface area contributed by atoms with Crippen molar-refractivity contribution in [1.82, 2.24) is 15.0 Å². The first-order chi connectivity index (χ1) is 13.4. The molecule has 1 N–H and O–H groups in total. The Morgan fingerprint density at radius 3 is 2.54 bits per heavy atom. The van der Waals surface area contributed by atoms with E-state index < -0.39 is 0 Å². The zero-order valence-corrected chi connectivity index (χ0v) is 16.6. The van der Waals surface area contributed by atoms with Crippen LogP contribution in [-0.2, 0) is 16.6 Å². The maximum atomic E-state index is 12.1. The maximum absolute atomic E-state index is 12.1. The van der Waals surface area contributed by atoms with Crippen LogP contribution in [0.25, 0.3) is 11.0 Å². The van der Waals surface area contributed by atoms with E-state index >= 15 is 0 Å². The number of rotatable bonds is 6. The second-order valence-corrected chi connectivity index (χ2v) is 7.02. The number of para-hydroxylation sites is 2. The number of hydrogen-bond donors (Lipinski definition) is 1. The van der Waals surface area contributed by atoms with Gasteiger partial charge in [0.15, 0.2) is 5.16 Å². The third-order valence-corrected chi connectivity index (χ3v) is 4.99. The SMILES string of the molecule is CC(=O)Oc1ccc(/C(C)=N/NC(=O)CSc2nc3ccccc3n2C)cc1. The van der Waals surface area contributed by atoms with Crippen molar-refractivity contribution in [2.45, 2.75) is 19.0 Å². The van der Waals surface area contributed by atoms with Crippen molar-refractivity contribution in [3.63, 3.8) is 0 Å². The topological polar surface area (TPSA) is 85.6 Å². The van der Waals surface area contributed by atoms with E-state index in [2.05, 4.69) is 15.5 Å². The van der Waals surface area contributed by atoms with Crippen molar-refractivity contribution in [3.05, 3.63) is 54.1 Å². The second kappa shape index (κ2) is 8.71. The molecule has 0 aliphatic rings. The Labute approximate surface area is 166 Å². The summed E-state index contributed by atoms with van der Waals surface area (Å²) in [7, 11) is 1.93. The Morgan fingerprint density at radius 1 is 1.14 bits per heavy atom. The highest BCUT2D eigenvalue weighted by Crippen LogP contribution is 2.22. The fourth-order valence-corrected chi connectivity index (χ4v) is 3.34. The smallest absolute Gasteiger partial charge is 0.308 e. The average Bonchev–Trinajstić information content (AvgIpc) is 3.00. The Hall–Kier alpha value is -3.13. The summed E-state index contributed by atoms with van der Waals surface area (Å²) in [5.74, 6) is 0.0858. The lowest BCUT2D eigenvalue weighted by Crippen LogP contribution is -2.21. The molecule has 7 nitrogen and oxygen atoms in total. The molecule has 0 bridgehead atoms. The molecule has 1 aromatic heterocycles. The van der Waals surface area contributed by atoms with Gasteiger partial charge in [-0.05, 0) is 48.9 Å². The molecule has 0 unspecified atom stereocenters. The minimum Gasteiger partial charge on any atom is -0.427 e. The largest absolute Gasteiger partial charge is 0.427 e. The minimum atomic E-state index is -0.372. The van der Waals surface area contributed by atoms with Gasteiger partial charge in [0.1, 0.15) is 5.75 Å². The molecule has 3 aromatic rings. The van der Waals surface area contributed by atoms with Gasteiger partial charge in [-0.25, -0.2) is 10.4 Å². The van der Waals surface area contributed by atoms with E-state index in [1.54, 1.807) is 31.2 Å². The Kier molecular flexibility index (Phi) is 6.10. The van der Waals surface area contributed by atoms with E-state index in [1.807, 2.05) is 35.9 Å². The number of aromatic nitrogens is 2. The number of imidazole rings is 1. The Morgan fingerprint density at radius 2 is 1.86 bits per heavy atom. The number of hydrogen-bond acceptors (Lipinski definition) is 6. The normalized spacial score (nSPS) is 11.5. The number of esters is 1. The van der Waals surface area contributed by atoms with Gasteiger partial charge in [-0.15, -0.1) is 0 Å². The molecular weight excluding hydrogens is 376 g/mol. The van der Waals surface area contributed by atoms with Crippen molar-refractivity contribution in [1.29, 1.82) is 0 Å². The first kappa shape index (κ1) is 19.6. The zero-order valence-electron chi connectivity index (χ0n) is 15.8. The van der Waals surface area contributed by atoms with Crippen LogP contribution in [0.15, 0.2) is 58.8 Å². The van der Waals surface area contributed by atoms with Crippen LogP contribution in [0.4, 0.5) is 0 Å². The van der Waals surface area contributed by atoms with Gasteiger partial charge in [-0.3, -0.25) is 9.59 Å². The van der Waals surface area contributed by atoms with Gasteiger partial charge >= 0.3 is 5.97 Å². The number of nitrogens with zero attached hydrogens (tertiary/aromatic N) is 3. The molecular formula is C20H20N4O3S. The van der Waals surface area contributed by atoms with Crippen LogP contribution in [0.2, 0.25) is 0 Å². The number of amides is 1. The fraction of sp³-hybridized carbons (Fsp3) is 0.200. The molecule has 1 heterocycles. The van der Waals surface area contributed by atoms with Gasteiger partial charge < -0.3 is 9.30 Å². The van der Waals surface area contributed by atoms with E-state index in [4.69, 9.17) is 4.74 Å². The minimum absolute atomic E-state index is 0.208. The third-order valence-electron chi connectivity index (χ3n) is 3.96. The summed E-state index contributed by atoms with van der Waals surface area (Å²) in [4.78, 5) is 27.6. The van der Waals surface area contributed by atoms with Crippen LogP contribution >= 0.6 is 11.8 Å². The van der Waals surface area contributed by atoms with Crippen LogP contribution in [0.5, 0.6) is 5.75 Å². The van der Waals surface area contributed by atoms with E-state index in [0.29, 0.717) is 11.5 Å². The predicted molar refractivity (Wildman–Crippen MR) is 110 cm³/mol. The average molecular weight is 396 g/mol. The van der Waals surface area contributed by atoms with Gasteiger partial charge in [0, 0.05) is 14.0 Å². The van der Waals surface area contributed by atoms with E-state index in [-0.39, 0.29) is 17.6 Å². The summed E-state index contributed by atoms with van der Waals surface area (Å²) in [5.41, 5.74) is 5.95. The number of carbonyl (C=O) groups excluding carboxylic acids is 2. The summed E-state index contributed by atoms with van der Waals surface area (Å²) in [5, 5.41) is 4.91. The number of nitrogens with one attached hydrogen (secondary N) is 1. The fourth-order valence-electron chi connectivity index (χ4n) is 2.56. The number of aryl methyl sites for hydroxylation is 1. The molecule has 1 amide bonds. The summed E-state index contributed by atoms with van der Waals surface area (Å²) >= 11 is 1.36. The first-order valence-electron chi connectivity index (χ1n) is 8.60. The number of benzene rings is 2. The standard InChI is InChI=1S/C20H20N4O3S/c1-13(15-8-10-16(11-9-15)27-14(2)25)22-23-19(26)12-28-20-21-17-6-4-5-7-18(17)24(20)3/h4-11H,12H2,1-3H3,(H,23,26)/b22-13+. The molecule has 28 heavy (non-hydrogen) atoms. The summed E-state index contributed by atoms with van der Waals surface area (Å²) in [6, 6.07) is 14.7. The third kappa shape index (κ3) is 4.77. The van der Waals surface area contributed by atoms with Crippen LogP contribution in [0.1, 0.15) is 19.4 Å². The highest BCUT2D eigenvalue weighted by Gasteiger charge is 2.10. The molecule has 0 aliphatic heterocycles. The quantitative estimate of drug-likeness (QED) is 0.227. The van der Waals surface area contributed by atoms with Gasteiger partial charge in [0.05, 0.1) is 22.5 Å². The lowest BCUT2D eigenvalue weighted by Gasteiger charge is -2.05. The van der Waals surface area contributed by atoms with Crippen LogP contribution in [0.3, 0.4) is 0 Å². The maximum Gasteiger partial charge on any atom is 0.308 e. The number of fused-ring (bicyclic) bond motifs is 1. The lowest BCUT2D eigenvalue weighted by atomic mass is 10.1. The molecule has 0 saturated heterocycles. The van der Waals surface area contributed by atoms with Gasteiger partial charge in [-0.2, -0.15) is 5.10 Å². The molecule has 0 radical (unpaired) electrons. The lowest BCUT2D eigenvalue weighted by molar-refractivity contribution is -0.131. The zero-order chi connectivity index (χ0) is 20.1. The molecule has 8 heteroatoms. The van der Waals surface area contributed by atoms with E-state index in [9.17, 15) is 9.59 Å². The first-order valence-corrected chi connectivity index (χ1v) is 9.59. The van der Waals surface area contributed by atoms with Gasteiger partial charge in [0.25, 0.3) is 5.91 Å². The Bertz CT molecular complexity index is 1040. The number of carbonyl (C=O) groups is 2. The van der Waals surface area contributed by atoms with Gasteiger partial charge in [0.2, 0.25) is 0 Å². The number of ether oxygens (including phenoxy) is 1. The second-order valence-electron chi connectivity index (χ2n) is 6.08. The number of thioether (sulfide) groups is 1. The molecule has 3 rings (SSSR count). The van der Waals surface area contributed by atoms with Crippen molar-refractivity contribution in [2.75, 3.05) is 5.75 Å². The van der Waals surface area contributed by atoms with Gasteiger partial charge in [-0.1, -0.05) is 23.9 Å². The molecule has 0 fully saturated rings. The highest BCUT2D eigenvalue weighted by atomic mass is 32.2. The van der Waals surface area contributed by atoms with Crippen molar-refractivity contribution >= 4 is 40.4 Å². The molecule has 2 aromatic carbocycles. The summed E-state index contributed by atoms with van der Waals surface area (Å²) in [6.07, 6.45) is 0. The highest BCUT2D eigenvalue weighted by molar-refractivity contribution is 7.99.